The number of ketones is 3. The van der Waals surface area contributed by atoms with Gasteiger partial charge in [0, 0.05) is 5.56 Å². The Morgan fingerprint density at radius 2 is 1.52 bits per heavy atom. The van der Waals surface area contributed by atoms with Gasteiger partial charge in [0.05, 0.1) is 5.41 Å². The Balaban J connectivity index is 2.17. The summed E-state index contributed by atoms with van der Waals surface area (Å²) < 4.78 is 0. The normalized spacial score (nSPS) is 31.8. The van der Waals surface area contributed by atoms with Crippen LogP contribution in [-0.4, -0.2) is 32.7 Å². The summed E-state index contributed by atoms with van der Waals surface area (Å²) in [5.41, 5.74) is -1.75. The smallest absolute Gasteiger partial charge is 0.184 e. The fourth-order valence-corrected chi connectivity index (χ4v) is 9.10. The van der Waals surface area contributed by atoms with Crippen LogP contribution in [0.25, 0.3) is 5.76 Å². The van der Waals surface area contributed by atoms with Crippen molar-refractivity contribution in [2.45, 2.75) is 94.4 Å². The Labute approximate surface area is 262 Å². The summed E-state index contributed by atoms with van der Waals surface area (Å²) in [7, 11) is 0. The number of Topliss-reactive ketones (excluding diaryl/α,β-unsaturated/α-hetero) is 3. The number of aromatic hydroxyl groups is 2. The highest BCUT2D eigenvalue weighted by Gasteiger charge is 2.77. The molecule has 0 aliphatic heterocycles. The van der Waals surface area contributed by atoms with Gasteiger partial charge < -0.3 is 15.3 Å². The summed E-state index contributed by atoms with van der Waals surface area (Å²) in [6.45, 7) is 22.4. The van der Waals surface area contributed by atoms with Gasteiger partial charge in [-0.15, -0.1) is 0 Å². The maximum atomic E-state index is 15.5. The second-order valence-electron chi connectivity index (χ2n) is 15.4. The SMILES string of the molecule is C=C(C)C1CCC2[C@H](CC=C(C)C)C(C)(C)[C@]3(CC=C(C)C)C(=O)/C(=C(/O)c4ccc(O)c(O)c4)C(=O)[C@@]2(CC1(C)C)C3=O. The van der Waals surface area contributed by atoms with Crippen LogP contribution < -0.4 is 0 Å². The number of phenolic OH excluding ortho intramolecular Hbond substituents is 2. The Bertz CT molecular complexity index is 1510. The van der Waals surface area contributed by atoms with E-state index in [1.807, 2.05) is 54.5 Å². The van der Waals surface area contributed by atoms with E-state index in [2.05, 4.69) is 26.5 Å². The number of aliphatic hydroxyl groups excluding tert-OH is 1. The van der Waals surface area contributed by atoms with Gasteiger partial charge in [-0.25, -0.2) is 0 Å². The van der Waals surface area contributed by atoms with Crippen molar-refractivity contribution in [1.29, 1.82) is 0 Å². The van der Waals surface area contributed by atoms with Crippen molar-refractivity contribution in [2.24, 2.45) is 39.4 Å². The standard InChI is InChI=1S/C38H50O6/c1-21(2)11-13-26-27-15-14-25(23(5)6)35(7,8)20-37(27)32(42)30(31(41)24-12-16-28(39)29(40)19-24)33(43)38(34(37)44,36(26,9)10)18-17-22(3)4/h11-12,16-17,19,25-27,39-41H,5,13-15,18,20H2,1-4,6-10H3/b31-30+/t25?,26-,27?,37-,38+/m0/s1. The van der Waals surface area contributed by atoms with Crippen molar-refractivity contribution in [1.82, 2.24) is 0 Å². The molecule has 6 heteroatoms. The van der Waals surface area contributed by atoms with Crippen molar-refractivity contribution in [3.8, 4) is 11.5 Å². The Hall–Kier alpha value is -3.41. The fourth-order valence-electron chi connectivity index (χ4n) is 9.10. The van der Waals surface area contributed by atoms with Gasteiger partial charge in [-0.2, -0.15) is 0 Å². The summed E-state index contributed by atoms with van der Waals surface area (Å²) in [6, 6.07) is 3.70. The Kier molecular flexibility index (Phi) is 8.51. The van der Waals surface area contributed by atoms with E-state index in [-0.39, 0.29) is 47.5 Å². The van der Waals surface area contributed by atoms with Crippen LogP contribution in [0.2, 0.25) is 0 Å². The molecule has 238 valence electrons. The first-order chi connectivity index (χ1) is 20.3. The summed E-state index contributed by atoms with van der Waals surface area (Å²) >= 11 is 0. The van der Waals surface area contributed by atoms with Gasteiger partial charge in [-0.05, 0) is 114 Å². The predicted molar refractivity (Wildman–Crippen MR) is 174 cm³/mol. The van der Waals surface area contributed by atoms with Crippen molar-refractivity contribution in [3.05, 3.63) is 64.8 Å². The lowest BCUT2D eigenvalue weighted by atomic mass is 9.35. The molecule has 0 aromatic heterocycles. The second-order valence-corrected chi connectivity index (χ2v) is 15.4. The van der Waals surface area contributed by atoms with Crippen molar-refractivity contribution in [2.75, 3.05) is 0 Å². The number of benzene rings is 1. The summed E-state index contributed by atoms with van der Waals surface area (Å²) in [5, 5.41) is 31.9. The third-order valence-corrected chi connectivity index (χ3v) is 11.3. The monoisotopic (exact) mass is 602 g/mol. The lowest BCUT2D eigenvalue weighted by molar-refractivity contribution is -0.188. The van der Waals surface area contributed by atoms with Crippen LogP contribution in [0.1, 0.15) is 100.0 Å². The third kappa shape index (κ3) is 4.80. The van der Waals surface area contributed by atoms with Gasteiger partial charge in [-0.1, -0.05) is 63.1 Å². The highest BCUT2D eigenvalue weighted by atomic mass is 16.3. The van der Waals surface area contributed by atoms with Crippen molar-refractivity contribution < 1.29 is 29.7 Å². The van der Waals surface area contributed by atoms with Crippen LogP contribution in [0.4, 0.5) is 0 Å². The fraction of sp³-hybridized carbons (Fsp3) is 0.553. The van der Waals surface area contributed by atoms with E-state index >= 15 is 14.4 Å². The number of carbonyl (C=O) groups excluding carboxylic acids is 3. The molecular formula is C38H50O6. The van der Waals surface area contributed by atoms with Crippen LogP contribution in [0.5, 0.6) is 11.5 Å². The Morgan fingerprint density at radius 1 is 0.909 bits per heavy atom. The second kappa shape index (κ2) is 11.2. The highest BCUT2D eigenvalue weighted by molar-refractivity contribution is 6.41. The zero-order valence-corrected chi connectivity index (χ0v) is 27.9. The third-order valence-electron chi connectivity index (χ3n) is 11.3. The lowest BCUT2D eigenvalue weighted by Gasteiger charge is -2.64. The molecule has 0 heterocycles. The van der Waals surface area contributed by atoms with Crippen molar-refractivity contribution >= 4 is 23.1 Å². The predicted octanol–water partition coefficient (Wildman–Crippen LogP) is 8.45. The molecule has 4 rings (SSSR count). The van der Waals surface area contributed by atoms with E-state index in [9.17, 15) is 15.3 Å². The topological polar surface area (TPSA) is 112 Å². The summed E-state index contributed by atoms with van der Waals surface area (Å²) in [6.07, 6.45) is 6.44. The zero-order valence-electron chi connectivity index (χ0n) is 27.9. The molecule has 0 amide bonds. The number of hydrogen-bond donors (Lipinski definition) is 3. The lowest BCUT2D eigenvalue weighted by Crippen LogP contribution is -2.73. The van der Waals surface area contributed by atoms with E-state index in [1.54, 1.807) is 0 Å². The first-order valence-corrected chi connectivity index (χ1v) is 15.8. The van der Waals surface area contributed by atoms with E-state index in [0.29, 0.717) is 12.8 Å². The number of aliphatic hydroxyl groups is 1. The molecular weight excluding hydrogens is 552 g/mol. The maximum absolute atomic E-state index is 15.5. The molecule has 5 atom stereocenters. The highest BCUT2D eigenvalue weighted by Crippen LogP contribution is 2.71. The minimum absolute atomic E-state index is 0.0290. The van der Waals surface area contributed by atoms with Crippen LogP contribution in [0.3, 0.4) is 0 Å². The van der Waals surface area contributed by atoms with Gasteiger partial charge >= 0.3 is 0 Å². The number of phenols is 2. The molecule has 3 N–H and O–H groups in total. The number of fused-ring (bicyclic) bond motifs is 1. The van der Waals surface area contributed by atoms with Crippen LogP contribution in [0.15, 0.2) is 59.2 Å². The van der Waals surface area contributed by atoms with Gasteiger partial charge in [-0.3, -0.25) is 14.4 Å². The molecule has 1 aromatic carbocycles. The molecule has 1 aromatic rings. The average Bonchev–Trinajstić information content (AvgIpc) is 3.02. The van der Waals surface area contributed by atoms with Gasteiger partial charge in [0.25, 0.3) is 0 Å². The van der Waals surface area contributed by atoms with Gasteiger partial charge in [0.2, 0.25) is 0 Å². The molecule has 3 aliphatic rings. The van der Waals surface area contributed by atoms with Crippen LogP contribution in [0, 0.1) is 39.4 Å². The maximum Gasteiger partial charge on any atom is 0.184 e. The summed E-state index contributed by atoms with van der Waals surface area (Å²) in [5.74, 6) is -3.50. The first kappa shape index (κ1) is 33.5. The number of rotatable bonds is 6. The van der Waals surface area contributed by atoms with Crippen LogP contribution >= 0.6 is 0 Å². The molecule has 0 radical (unpaired) electrons. The average molecular weight is 603 g/mol. The molecule has 3 fully saturated rings. The molecule has 44 heavy (non-hydrogen) atoms. The zero-order chi connectivity index (χ0) is 33.2. The van der Waals surface area contributed by atoms with Crippen molar-refractivity contribution in [3.63, 3.8) is 0 Å². The minimum atomic E-state index is -1.60. The molecule has 6 nitrogen and oxygen atoms in total. The molecule has 2 unspecified atom stereocenters. The van der Waals surface area contributed by atoms with Gasteiger partial charge in [0.15, 0.2) is 28.8 Å². The van der Waals surface area contributed by atoms with E-state index in [0.717, 1.165) is 29.2 Å². The summed E-state index contributed by atoms with van der Waals surface area (Å²) in [4.78, 5) is 45.6. The molecule has 0 saturated heterocycles. The van der Waals surface area contributed by atoms with E-state index < -0.39 is 50.5 Å². The van der Waals surface area contributed by atoms with Crippen LogP contribution in [-0.2, 0) is 14.4 Å². The molecule has 3 aliphatic carbocycles. The molecule has 3 saturated carbocycles. The Morgan fingerprint density at radius 3 is 2.07 bits per heavy atom. The van der Waals surface area contributed by atoms with E-state index in [1.165, 1.54) is 12.1 Å². The first-order valence-electron chi connectivity index (χ1n) is 15.8. The molecule has 2 bridgehead atoms. The largest absolute Gasteiger partial charge is 0.506 e. The minimum Gasteiger partial charge on any atom is -0.506 e. The number of hydrogen-bond acceptors (Lipinski definition) is 6. The van der Waals surface area contributed by atoms with Gasteiger partial charge in [0.1, 0.15) is 16.7 Å². The number of carbonyl (C=O) groups is 3. The quantitative estimate of drug-likeness (QED) is 0.0752. The number of allylic oxidation sites excluding steroid dienone is 6. The van der Waals surface area contributed by atoms with E-state index in [4.69, 9.17) is 0 Å². The molecule has 1 spiro atoms.